The Bertz CT molecular complexity index is 1270. The van der Waals surface area contributed by atoms with Gasteiger partial charge in [0, 0.05) is 30.8 Å². The average molecular weight is 498 g/mol. The number of sulfonamides is 1. The molecule has 2 aliphatic heterocycles. The standard InChI is InChI=1S/C24H27N5O5S/c1-17-25-23(26-34-17)18-7-9-20(10-8-18)29-16-21(33-24(29)30)15-28-13-11-19(12-14-28)27-35(31,32)22-5-3-2-4-6-22/h2-10,19,21,27H,11-16H2,1H3. The molecule has 1 N–H and O–H groups in total. The number of amides is 1. The molecule has 0 spiro atoms. The highest BCUT2D eigenvalue weighted by atomic mass is 32.2. The number of anilines is 1. The third-order valence-corrected chi connectivity index (χ3v) is 7.80. The molecule has 5 rings (SSSR count). The van der Waals surface area contributed by atoms with Crippen molar-refractivity contribution in [2.75, 3.05) is 31.1 Å². The van der Waals surface area contributed by atoms with Crippen molar-refractivity contribution in [3.63, 3.8) is 0 Å². The zero-order valence-corrected chi connectivity index (χ0v) is 20.1. The molecule has 10 nitrogen and oxygen atoms in total. The predicted molar refractivity (Wildman–Crippen MR) is 128 cm³/mol. The highest BCUT2D eigenvalue weighted by molar-refractivity contribution is 7.89. The molecule has 0 aliphatic carbocycles. The first kappa shape index (κ1) is 23.5. The van der Waals surface area contributed by atoms with E-state index in [2.05, 4.69) is 19.8 Å². The summed E-state index contributed by atoms with van der Waals surface area (Å²) in [5.74, 6) is 0.998. The van der Waals surface area contributed by atoms with Crippen molar-refractivity contribution in [1.29, 1.82) is 0 Å². The Morgan fingerprint density at radius 2 is 1.77 bits per heavy atom. The third kappa shape index (κ3) is 5.37. The summed E-state index contributed by atoms with van der Waals surface area (Å²) in [6.45, 7) is 4.27. The maximum Gasteiger partial charge on any atom is 0.414 e. The lowest BCUT2D eigenvalue weighted by atomic mass is 10.1. The van der Waals surface area contributed by atoms with Gasteiger partial charge in [-0.3, -0.25) is 9.80 Å². The molecule has 1 amide bonds. The maximum atomic E-state index is 12.6. The number of carbonyl (C=O) groups excluding carboxylic acids is 1. The van der Waals surface area contributed by atoms with Crippen molar-refractivity contribution in [2.45, 2.75) is 36.8 Å². The second-order valence-corrected chi connectivity index (χ2v) is 10.5. The molecule has 11 heteroatoms. The van der Waals surface area contributed by atoms with Gasteiger partial charge in [-0.25, -0.2) is 17.9 Å². The lowest BCUT2D eigenvalue weighted by Gasteiger charge is -2.33. The summed E-state index contributed by atoms with van der Waals surface area (Å²) in [5, 5.41) is 3.91. The molecule has 2 saturated heterocycles. The number of likely N-dealkylation sites (tertiary alicyclic amines) is 1. The van der Waals surface area contributed by atoms with E-state index in [-0.39, 0.29) is 23.1 Å². The van der Waals surface area contributed by atoms with Crippen molar-refractivity contribution in [3.8, 4) is 11.4 Å². The summed E-state index contributed by atoms with van der Waals surface area (Å²) in [6.07, 6.45) is 0.782. The number of nitrogens with one attached hydrogen (secondary N) is 1. The molecular weight excluding hydrogens is 470 g/mol. The van der Waals surface area contributed by atoms with Gasteiger partial charge in [0.2, 0.25) is 21.7 Å². The first-order valence-electron chi connectivity index (χ1n) is 11.6. The summed E-state index contributed by atoms with van der Waals surface area (Å²) < 4.78 is 38.6. The van der Waals surface area contributed by atoms with Crippen LogP contribution < -0.4 is 9.62 Å². The summed E-state index contributed by atoms with van der Waals surface area (Å²) in [6, 6.07) is 15.7. The minimum absolute atomic E-state index is 0.111. The molecule has 1 aromatic heterocycles. The van der Waals surface area contributed by atoms with Crippen LogP contribution in [0.25, 0.3) is 11.4 Å². The molecule has 35 heavy (non-hydrogen) atoms. The van der Waals surface area contributed by atoms with Crippen LogP contribution in [0.1, 0.15) is 18.7 Å². The SMILES string of the molecule is Cc1nc(-c2ccc(N3CC(CN4CCC(NS(=O)(=O)c5ccccc5)CC4)OC3=O)cc2)no1. The number of cyclic esters (lactones) is 1. The molecule has 0 saturated carbocycles. The van der Waals surface area contributed by atoms with Crippen LogP contribution in [0.5, 0.6) is 0 Å². The van der Waals surface area contributed by atoms with Crippen LogP contribution in [-0.2, 0) is 14.8 Å². The van der Waals surface area contributed by atoms with E-state index in [1.807, 2.05) is 24.3 Å². The van der Waals surface area contributed by atoms with Gasteiger partial charge in [-0.2, -0.15) is 4.98 Å². The molecule has 3 aromatic rings. The molecule has 184 valence electrons. The number of hydrogen-bond acceptors (Lipinski definition) is 8. The second-order valence-electron chi connectivity index (χ2n) is 8.81. The average Bonchev–Trinajstić information content (AvgIpc) is 3.46. The Kier molecular flexibility index (Phi) is 6.54. The van der Waals surface area contributed by atoms with E-state index in [4.69, 9.17) is 9.26 Å². The predicted octanol–water partition coefficient (Wildman–Crippen LogP) is 2.81. The number of aromatic nitrogens is 2. The fourth-order valence-electron chi connectivity index (χ4n) is 4.44. The summed E-state index contributed by atoms with van der Waals surface area (Å²) in [4.78, 5) is 20.8. The van der Waals surface area contributed by atoms with Gasteiger partial charge < -0.3 is 9.26 Å². The Morgan fingerprint density at radius 3 is 2.43 bits per heavy atom. The number of hydrogen-bond donors (Lipinski definition) is 1. The van der Waals surface area contributed by atoms with Crippen molar-refractivity contribution < 1.29 is 22.5 Å². The van der Waals surface area contributed by atoms with Gasteiger partial charge >= 0.3 is 6.09 Å². The largest absolute Gasteiger partial charge is 0.443 e. The molecule has 3 heterocycles. The van der Waals surface area contributed by atoms with Crippen molar-refractivity contribution in [3.05, 3.63) is 60.5 Å². The molecule has 2 fully saturated rings. The fraction of sp³-hybridized carbons (Fsp3) is 0.375. The molecule has 0 radical (unpaired) electrons. The van der Waals surface area contributed by atoms with E-state index in [0.29, 0.717) is 37.6 Å². The van der Waals surface area contributed by atoms with Crippen molar-refractivity contribution in [1.82, 2.24) is 19.8 Å². The van der Waals surface area contributed by atoms with Gasteiger partial charge in [-0.05, 0) is 62.3 Å². The topological polar surface area (TPSA) is 118 Å². The number of rotatable bonds is 7. The lowest BCUT2D eigenvalue weighted by Crippen LogP contribution is -2.46. The quantitative estimate of drug-likeness (QED) is 0.530. The Hall–Kier alpha value is -3.28. The zero-order chi connectivity index (χ0) is 24.4. The minimum atomic E-state index is -3.52. The van der Waals surface area contributed by atoms with Crippen LogP contribution in [0.15, 0.2) is 64.0 Å². The van der Waals surface area contributed by atoms with Crippen molar-refractivity contribution in [2.24, 2.45) is 0 Å². The van der Waals surface area contributed by atoms with Crippen LogP contribution in [0, 0.1) is 6.92 Å². The normalized spacial score (nSPS) is 19.7. The number of piperidine rings is 1. The number of nitrogens with zero attached hydrogens (tertiary/aromatic N) is 4. The van der Waals surface area contributed by atoms with E-state index in [1.165, 1.54) is 0 Å². The lowest BCUT2D eigenvalue weighted by molar-refractivity contribution is 0.0968. The summed E-state index contributed by atoms with van der Waals surface area (Å²) in [5.41, 5.74) is 1.55. The molecule has 0 bridgehead atoms. The van der Waals surface area contributed by atoms with E-state index in [1.54, 1.807) is 42.2 Å². The monoisotopic (exact) mass is 497 g/mol. The van der Waals surface area contributed by atoms with Crippen molar-refractivity contribution >= 4 is 21.8 Å². The fourth-order valence-corrected chi connectivity index (χ4v) is 5.77. The van der Waals surface area contributed by atoms with E-state index in [9.17, 15) is 13.2 Å². The van der Waals surface area contributed by atoms with Crippen LogP contribution in [-0.4, -0.2) is 67.9 Å². The molecule has 1 unspecified atom stereocenters. The van der Waals surface area contributed by atoms with E-state index >= 15 is 0 Å². The van der Waals surface area contributed by atoms with Gasteiger partial charge in [0.25, 0.3) is 0 Å². The van der Waals surface area contributed by atoms with Gasteiger partial charge in [-0.15, -0.1) is 0 Å². The Balaban J connectivity index is 1.12. The number of benzene rings is 2. The molecule has 2 aliphatic rings. The first-order chi connectivity index (χ1) is 16.9. The summed E-state index contributed by atoms with van der Waals surface area (Å²) >= 11 is 0. The molecule has 1 atom stereocenters. The maximum absolute atomic E-state index is 12.6. The minimum Gasteiger partial charge on any atom is -0.443 e. The van der Waals surface area contributed by atoms with Gasteiger partial charge in [0.05, 0.1) is 11.4 Å². The number of carbonyl (C=O) groups is 1. The smallest absolute Gasteiger partial charge is 0.414 e. The highest BCUT2D eigenvalue weighted by Gasteiger charge is 2.34. The second kappa shape index (κ2) is 9.76. The molecule has 2 aromatic carbocycles. The zero-order valence-electron chi connectivity index (χ0n) is 19.3. The Morgan fingerprint density at radius 1 is 1.06 bits per heavy atom. The van der Waals surface area contributed by atoms with Crippen LogP contribution in [0.2, 0.25) is 0 Å². The third-order valence-electron chi connectivity index (χ3n) is 6.26. The van der Waals surface area contributed by atoms with Gasteiger partial charge in [0.15, 0.2) is 0 Å². The van der Waals surface area contributed by atoms with Gasteiger partial charge in [0.1, 0.15) is 6.10 Å². The summed E-state index contributed by atoms with van der Waals surface area (Å²) in [7, 11) is -3.52. The Labute approximate surface area is 203 Å². The number of ether oxygens (including phenoxy) is 1. The van der Waals surface area contributed by atoms with Crippen LogP contribution in [0.4, 0.5) is 10.5 Å². The number of aryl methyl sites for hydroxylation is 1. The van der Waals surface area contributed by atoms with E-state index in [0.717, 1.165) is 24.3 Å². The van der Waals surface area contributed by atoms with Gasteiger partial charge in [-0.1, -0.05) is 23.4 Å². The van der Waals surface area contributed by atoms with E-state index < -0.39 is 10.0 Å². The molecular formula is C24H27N5O5S. The first-order valence-corrected chi connectivity index (χ1v) is 13.0. The van der Waals surface area contributed by atoms with Crippen LogP contribution in [0.3, 0.4) is 0 Å². The highest BCUT2D eigenvalue weighted by Crippen LogP contribution is 2.26. The van der Waals surface area contributed by atoms with Crippen LogP contribution >= 0.6 is 0 Å².